The van der Waals surface area contributed by atoms with Crippen LogP contribution in [0.25, 0.3) is 0 Å². The van der Waals surface area contributed by atoms with Gasteiger partial charge < -0.3 is 24.4 Å². The number of thiophene rings is 1. The maximum Gasteiger partial charge on any atom is 0.247 e. The van der Waals surface area contributed by atoms with Crippen LogP contribution in [-0.4, -0.2) is 44.6 Å². The predicted octanol–water partition coefficient (Wildman–Crippen LogP) is 4.39. The van der Waals surface area contributed by atoms with Gasteiger partial charge in [0.25, 0.3) is 0 Å². The largest absolute Gasteiger partial charge is 0.497 e. The van der Waals surface area contributed by atoms with Crippen molar-refractivity contribution in [1.29, 1.82) is 0 Å². The first kappa shape index (κ1) is 25.8. The quantitative estimate of drug-likeness (QED) is 0.378. The molecule has 2 aromatic carbocycles. The van der Waals surface area contributed by atoms with Gasteiger partial charge in [0, 0.05) is 18.0 Å². The van der Waals surface area contributed by atoms with E-state index in [1.165, 1.54) is 23.3 Å². The molecule has 3 aromatic rings. The van der Waals surface area contributed by atoms with Crippen molar-refractivity contribution in [3.8, 4) is 17.2 Å². The van der Waals surface area contributed by atoms with E-state index in [9.17, 15) is 9.59 Å². The molecule has 0 unspecified atom stereocenters. The second kappa shape index (κ2) is 12.6. The van der Waals surface area contributed by atoms with Crippen LogP contribution in [0.1, 0.15) is 22.0 Å². The number of hydrogen-bond acceptors (Lipinski definition) is 6. The van der Waals surface area contributed by atoms with Crippen LogP contribution in [0, 0.1) is 0 Å². The molecular formula is C27H30N2O5S. The van der Waals surface area contributed by atoms with Crippen molar-refractivity contribution >= 4 is 23.2 Å². The first-order valence-corrected chi connectivity index (χ1v) is 11.9. The topological polar surface area (TPSA) is 77.1 Å². The highest BCUT2D eigenvalue weighted by Gasteiger charge is 2.31. The summed E-state index contributed by atoms with van der Waals surface area (Å²) in [6.07, 6.45) is 1.82. The van der Waals surface area contributed by atoms with E-state index in [1.54, 1.807) is 38.5 Å². The molecule has 0 aliphatic heterocycles. The van der Waals surface area contributed by atoms with Gasteiger partial charge in [0.1, 0.15) is 11.8 Å². The van der Waals surface area contributed by atoms with E-state index in [0.29, 0.717) is 23.6 Å². The fraction of sp³-hybridized carbons (Fsp3) is 0.259. The smallest absolute Gasteiger partial charge is 0.247 e. The van der Waals surface area contributed by atoms with Gasteiger partial charge in [0.2, 0.25) is 11.8 Å². The predicted molar refractivity (Wildman–Crippen MR) is 137 cm³/mol. The summed E-state index contributed by atoms with van der Waals surface area (Å²) in [4.78, 5) is 29.4. The number of nitrogens with one attached hydrogen (secondary N) is 1. The van der Waals surface area contributed by atoms with Gasteiger partial charge in [-0.25, -0.2) is 0 Å². The molecule has 184 valence electrons. The Morgan fingerprint density at radius 2 is 1.77 bits per heavy atom. The molecule has 0 fully saturated rings. The molecule has 1 atom stereocenters. The van der Waals surface area contributed by atoms with Crippen molar-refractivity contribution in [1.82, 2.24) is 10.2 Å². The third-order valence-corrected chi connectivity index (χ3v) is 6.34. The highest BCUT2D eigenvalue weighted by atomic mass is 32.1. The number of nitrogens with zero attached hydrogens (tertiary/aromatic N) is 1. The van der Waals surface area contributed by atoms with E-state index >= 15 is 0 Å². The molecule has 7 nitrogen and oxygen atoms in total. The molecule has 0 radical (unpaired) electrons. The van der Waals surface area contributed by atoms with E-state index in [-0.39, 0.29) is 24.8 Å². The van der Waals surface area contributed by atoms with Crippen molar-refractivity contribution in [3.05, 3.63) is 88.6 Å². The molecule has 35 heavy (non-hydrogen) atoms. The molecule has 0 spiro atoms. The zero-order valence-electron chi connectivity index (χ0n) is 20.2. The van der Waals surface area contributed by atoms with Crippen molar-refractivity contribution in [3.63, 3.8) is 0 Å². The van der Waals surface area contributed by atoms with Crippen LogP contribution < -0.4 is 19.5 Å². The average Bonchev–Trinajstić information content (AvgIpc) is 3.40. The maximum absolute atomic E-state index is 13.6. The zero-order chi connectivity index (χ0) is 25.2. The fourth-order valence-corrected chi connectivity index (χ4v) is 4.37. The van der Waals surface area contributed by atoms with Gasteiger partial charge in [-0.15, -0.1) is 17.9 Å². The summed E-state index contributed by atoms with van der Waals surface area (Å²) in [5.74, 6) is 1.26. The van der Waals surface area contributed by atoms with E-state index in [1.807, 2.05) is 41.8 Å². The Kier molecular flexibility index (Phi) is 9.31. The molecule has 0 aliphatic carbocycles. The second-order valence-corrected chi connectivity index (χ2v) is 8.71. The van der Waals surface area contributed by atoms with Gasteiger partial charge in [-0.05, 0) is 46.8 Å². The van der Waals surface area contributed by atoms with Gasteiger partial charge in [0.15, 0.2) is 11.5 Å². The van der Waals surface area contributed by atoms with E-state index in [0.717, 1.165) is 16.2 Å². The standard InChI is InChI=1S/C27H30N2O5S/c1-5-14-29(25(30)17-22-7-6-15-35-22)26(20-10-13-23(33-3)24(16-20)34-4)27(31)28-18-19-8-11-21(32-2)12-9-19/h5-13,15-16,26H,1,14,17-18H2,2-4H3,(H,28,31)/t26-/m1/s1. The normalized spacial score (nSPS) is 11.3. The third-order valence-electron chi connectivity index (χ3n) is 5.46. The Morgan fingerprint density at radius 1 is 1.03 bits per heavy atom. The maximum atomic E-state index is 13.6. The lowest BCUT2D eigenvalue weighted by molar-refractivity contribution is -0.139. The lowest BCUT2D eigenvalue weighted by Gasteiger charge is -2.31. The number of methoxy groups -OCH3 is 3. The number of ether oxygens (including phenoxy) is 3. The Hall–Kier alpha value is -3.78. The summed E-state index contributed by atoms with van der Waals surface area (Å²) in [5.41, 5.74) is 1.52. The van der Waals surface area contributed by atoms with Crippen LogP contribution in [0.5, 0.6) is 17.2 Å². The number of benzene rings is 2. The van der Waals surface area contributed by atoms with Crippen molar-refractivity contribution in [2.45, 2.75) is 19.0 Å². The summed E-state index contributed by atoms with van der Waals surface area (Å²) in [6.45, 7) is 4.31. The lowest BCUT2D eigenvalue weighted by Crippen LogP contribution is -2.44. The highest BCUT2D eigenvalue weighted by Crippen LogP contribution is 2.32. The molecule has 1 aromatic heterocycles. The van der Waals surface area contributed by atoms with Gasteiger partial charge in [-0.2, -0.15) is 0 Å². The van der Waals surface area contributed by atoms with E-state index in [2.05, 4.69) is 11.9 Å². The van der Waals surface area contributed by atoms with Gasteiger partial charge >= 0.3 is 0 Å². The van der Waals surface area contributed by atoms with Crippen LogP contribution in [0.2, 0.25) is 0 Å². The Bertz CT molecular complexity index is 1130. The number of rotatable bonds is 12. The van der Waals surface area contributed by atoms with Gasteiger partial charge in [-0.3, -0.25) is 9.59 Å². The van der Waals surface area contributed by atoms with Crippen LogP contribution in [-0.2, 0) is 22.6 Å². The third kappa shape index (κ3) is 6.64. The van der Waals surface area contributed by atoms with Crippen LogP contribution in [0.3, 0.4) is 0 Å². The fourth-order valence-electron chi connectivity index (χ4n) is 3.68. The molecule has 0 aliphatic rings. The molecule has 2 amide bonds. The summed E-state index contributed by atoms with van der Waals surface area (Å²) >= 11 is 1.50. The van der Waals surface area contributed by atoms with Crippen molar-refractivity contribution < 1.29 is 23.8 Å². The number of hydrogen-bond donors (Lipinski definition) is 1. The minimum Gasteiger partial charge on any atom is -0.497 e. The molecule has 8 heteroatoms. The molecule has 0 bridgehead atoms. The van der Waals surface area contributed by atoms with E-state index < -0.39 is 6.04 Å². The number of carbonyl (C=O) groups is 2. The Morgan fingerprint density at radius 3 is 2.37 bits per heavy atom. The minimum atomic E-state index is -0.890. The summed E-state index contributed by atoms with van der Waals surface area (Å²) in [5, 5.41) is 4.90. The van der Waals surface area contributed by atoms with E-state index in [4.69, 9.17) is 14.2 Å². The Labute approximate surface area is 209 Å². The first-order chi connectivity index (χ1) is 17.0. The summed E-state index contributed by atoms with van der Waals surface area (Å²) < 4.78 is 16.0. The lowest BCUT2D eigenvalue weighted by atomic mass is 10.0. The summed E-state index contributed by atoms with van der Waals surface area (Å²) in [6, 6.07) is 15.6. The second-order valence-electron chi connectivity index (χ2n) is 7.67. The van der Waals surface area contributed by atoms with Crippen molar-refractivity contribution in [2.75, 3.05) is 27.9 Å². The van der Waals surface area contributed by atoms with Crippen LogP contribution >= 0.6 is 11.3 Å². The molecule has 3 rings (SSSR count). The number of amides is 2. The monoisotopic (exact) mass is 494 g/mol. The van der Waals surface area contributed by atoms with Gasteiger partial charge in [-0.1, -0.05) is 30.3 Å². The number of carbonyl (C=O) groups excluding carboxylic acids is 2. The van der Waals surface area contributed by atoms with Crippen molar-refractivity contribution in [2.24, 2.45) is 0 Å². The molecule has 0 saturated heterocycles. The minimum absolute atomic E-state index is 0.174. The highest BCUT2D eigenvalue weighted by molar-refractivity contribution is 7.10. The Balaban J connectivity index is 1.93. The van der Waals surface area contributed by atoms with Gasteiger partial charge in [0.05, 0.1) is 27.8 Å². The zero-order valence-corrected chi connectivity index (χ0v) is 21.0. The summed E-state index contributed by atoms with van der Waals surface area (Å²) in [7, 11) is 4.68. The van der Waals surface area contributed by atoms with Crippen LogP contribution in [0.15, 0.2) is 72.6 Å². The first-order valence-electron chi connectivity index (χ1n) is 11.1. The SMILES string of the molecule is C=CCN(C(=O)Cc1cccs1)[C@@H](C(=O)NCc1ccc(OC)cc1)c1ccc(OC)c(OC)c1. The molecule has 1 heterocycles. The van der Waals surface area contributed by atoms with Crippen LogP contribution in [0.4, 0.5) is 0 Å². The molecule has 0 saturated carbocycles. The average molecular weight is 495 g/mol. The molecular weight excluding hydrogens is 464 g/mol. The molecule has 1 N–H and O–H groups in total.